The van der Waals surface area contributed by atoms with Crippen molar-refractivity contribution < 1.29 is 10.3 Å². The molecule has 0 bridgehead atoms. The van der Waals surface area contributed by atoms with Crippen LogP contribution in [0.1, 0.15) is 22.8 Å². The molecule has 3 aromatic heterocycles. The van der Waals surface area contributed by atoms with E-state index in [1.165, 1.54) is 0 Å². The first-order valence-electron chi connectivity index (χ1n) is 6.72. The molecular weight excluding hydrogens is 349 g/mol. The molecule has 3 N–H and O–H groups in total. The van der Waals surface area contributed by atoms with Gasteiger partial charge in [0.1, 0.15) is 0 Å². The van der Waals surface area contributed by atoms with Gasteiger partial charge in [-0.1, -0.05) is 0 Å². The molecule has 0 aliphatic rings. The summed E-state index contributed by atoms with van der Waals surface area (Å²) in [5.74, 6) is 0.0517. The lowest BCUT2D eigenvalue weighted by atomic mass is 10.0. The molecule has 24 heavy (non-hydrogen) atoms. The number of hydrogen-bond acceptors (Lipinski definition) is 3. The molecule has 5 nitrogen and oxygen atoms in total. The fourth-order valence-electron chi connectivity index (χ4n) is 2.58. The summed E-state index contributed by atoms with van der Waals surface area (Å²) in [6.45, 7) is 3.56. The highest BCUT2D eigenvalue weighted by Gasteiger charge is 2.19. The average molecular weight is 368 g/mol. The van der Waals surface area contributed by atoms with E-state index >= 15 is 0 Å². The van der Waals surface area contributed by atoms with E-state index in [9.17, 15) is 4.79 Å². The number of carbonyl (C=O) groups excluding carboxylic acids is 1. The van der Waals surface area contributed by atoms with Crippen molar-refractivity contribution in [2.75, 3.05) is 0 Å². The summed E-state index contributed by atoms with van der Waals surface area (Å²) < 4.78 is 0. The van der Waals surface area contributed by atoms with Crippen molar-refractivity contribution >= 4 is 30.6 Å². The predicted molar refractivity (Wildman–Crippen MR) is 100 cm³/mol. The second kappa shape index (κ2) is 9.17. The summed E-state index contributed by atoms with van der Waals surface area (Å²) in [4.78, 5) is 23.5. The van der Waals surface area contributed by atoms with Gasteiger partial charge in [-0.3, -0.25) is 14.8 Å². The maximum Gasteiger partial charge on any atom is 0.162 e. The van der Waals surface area contributed by atoms with Gasteiger partial charge in [-0.2, -0.15) is 0 Å². The van der Waals surface area contributed by atoms with Gasteiger partial charge >= 0.3 is 0 Å². The second-order valence-electron chi connectivity index (χ2n) is 4.90. The molecule has 0 atom stereocenters. The SMILES string of the molecule is CC(=O)c1c(-c2ccncc2)[nH]c(-c2ccncc2)c1C.Cl.Cl.O. The fraction of sp³-hybridized carbons (Fsp3) is 0.118. The van der Waals surface area contributed by atoms with Crippen LogP contribution < -0.4 is 0 Å². The first-order valence-corrected chi connectivity index (χ1v) is 6.72. The summed E-state index contributed by atoms with van der Waals surface area (Å²) in [6, 6.07) is 7.65. The molecule has 0 aliphatic carbocycles. The van der Waals surface area contributed by atoms with Gasteiger partial charge in [-0.25, -0.2) is 0 Å². The Bertz CT molecular complexity index is 790. The van der Waals surface area contributed by atoms with E-state index in [0.717, 1.165) is 33.6 Å². The number of nitrogens with zero attached hydrogens (tertiary/aromatic N) is 2. The highest BCUT2D eigenvalue weighted by molar-refractivity contribution is 6.03. The van der Waals surface area contributed by atoms with Crippen molar-refractivity contribution in [1.82, 2.24) is 15.0 Å². The van der Waals surface area contributed by atoms with Gasteiger partial charge < -0.3 is 10.5 Å². The van der Waals surface area contributed by atoms with Gasteiger partial charge in [0, 0.05) is 47.2 Å². The largest absolute Gasteiger partial charge is 0.412 e. The lowest BCUT2D eigenvalue weighted by Crippen LogP contribution is -1.95. The smallest absolute Gasteiger partial charge is 0.162 e. The minimum atomic E-state index is 0. The number of H-pyrrole nitrogens is 1. The molecule has 0 aromatic carbocycles. The van der Waals surface area contributed by atoms with E-state index in [4.69, 9.17) is 0 Å². The van der Waals surface area contributed by atoms with E-state index in [1.807, 2.05) is 31.2 Å². The molecule has 0 saturated heterocycles. The van der Waals surface area contributed by atoms with Gasteiger partial charge in [0.05, 0.1) is 5.69 Å². The Morgan fingerprint density at radius 2 is 1.29 bits per heavy atom. The van der Waals surface area contributed by atoms with Crippen molar-refractivity contribution in [2.24, 2.45) is 0 Å². The number of pyridine rings is 2. The van der Waals surface area contributed by atoms with Crippen LogP contribution in [-0.2, 0) is 0 Å². The fourth-order valence-corrected chi connectivity index (χ4v) is 2.58. The lowest BCUT2D eigenvalue weighted by molar-refractivity contribution is 0.101. The Morgan fingerprint density at radius 3 is 1.71 bits per heavy atom. The molecule has 0 radical (unpaired) electrons. The van der Waals surface area contributed by atoms with E-state index in [-0.39, 0.29) is 36.1 Å². The van der Waals surface area contributed by atoms with Crippen LogP contribution in [-0.4, -0.2) is 26.2 Å². The number of halogens is 2. The van der Waals surface area contributed by atoms with Crippen LogP contribution in [0.4, 0.5) is 0 Å². The van der Waals surface area contributed by atoms with Gasteiger partial charge in [-0.15, -0.1) is 24.8 Å². The zero-order chi connectivity index (χ0) is 14.8. The molecular formula is C17H19Cl2N3O2. The van der Waals surface area contributed by atoms with Crippen molar-refractivity contribution in [3.05, 3.63) is 60.2 Å². The van der Waals surface area contributed by atoms with Crippen LogP contribution in [0.3, 0.4) is 0 Å². The first kappa shape index (κ1) is 21.8. The minimum Gasteiger partial charge on any atom is -0.412 e. The number of hydrogen-bond donors (Lipinski definition) is 1. The average Bonchev–Trinajstić information content (AvgIpc) is 2.87. The Morgan fingerprint density at radius 1 is 0.875 bits per heavy atom. The number of aromatic nitrogens is 3. The lowest BCUT2D eigenvalue weighted by Gasteiger charge is -2.01. The molecule has 3 rings (SSSR count). The Labute approximate surface area is 152 Å². The number of Topliss-reactive ketones (excluding diaryl/α,β-unsaturated/α-hetero) is 1. The third-order valence-electron chi connectivity index (χ3n) is 3.54. The number of carbonyl (C=O) groups is 1. The van der Waals surface area contributed by atoms with Crippen LogP contribution in [0.2, 0.25) is 0 Å². The van der Waals surface area contributed by atoms with E-state index in [2.05, 4.69) is 15.0 Å². The van der Waals surface area contributed by atoms with Crippen LogP contribution >= 0.6 is 24.8 Å². The molecule has 0 spiro atoms. The maximum absolute atomic E-state index is 12.1. The van der Waals surface area contributed by atoms with Crippen LogP contribution in [0.15, 0.2) is 49.1 Å². The van der Waals surface area contributed by atoms with Crippen LogP contribution in [0.25, 0.3) is 22.5 Å². The number of ketones is 1. The van der Waals surface area contributed by atoms with Crippen molar-refractivity contribution in [3.8, 4) is 22.5 Å². The van der Waals surface area contributed by atoms with Gasteiger partial charge in [0.15, 0.2) is 5.78 Å². The zero-order valence-electron chi connectivity index (χ0n) is 13.2. The van der Waals surface area contributed by atoms with Crippen molar-refractivity contribution in [3.63, 3.8) is 0 Å². The molecule has 0 saturated carbocycles. The third-order valence-corrected chi connectivity index (χ3v) is 3.54. The molecule has 3 aromatic rings. The van der Waals surface area contributed by atoms with E-state index < -0.39 is 0 Å². The molecule has 0 fully saturated rings. The standard InChI is InChI=1S/C17H15N3O.2ClH.H2O/c1-11-15(12(2)21)17(14-5-9-19-10-6-14)20-16(11)13-3-7-18-8-4-13;;;/h3-10,20H,1-2H3;2*1H;1H2. The first-order chi connectivity index (χ1) is 10.2. The van der Waals surface area contributed by atoms with Crippen LogP contribution in [0.5, 0.6) is 0 Å². The third kappa shape index (κ3) is 4.00. The van der Waals surface area contributed by atoms with E-state index in [0.29, 0.717) is 0 Å². The Balaban J connectivity index is 0.00000176. The highest BCUT2D eigenvalue weighted by atomic mass is 35.5. The highest BCUT2D eigenvalue weighted by Crippen LogP contribution is 2.33. The Kier molecular flexibility index (Phi) is 8.33. The number of aromatic amines is 1. The molecule has 0 aliphatic heterocycles. The van der Waals surface area contributed by atoms with Gasteiger partial charge in [0.25, 0.3) is 0 Å². The maximum atomic E-state index is 12.1. The summed E-state index contributed by atoms with van der Waals surface area (Å²) in [7, 11) is 0. The van der Waals surface area contributed by atoms with E-state index in [1.54, 1.807) is 31.7 Å². The number of rotatable bonds is 3. The zero-order valence-corrected chi connectivity index (χ0v) is 14.9. The van der Waals surface area contributed by atoms with Crippen molar-refractivity contribution in [1.29, 1.82) is 0 Å². The number of nitrogens with one attached hydrogen (secondary N) is 1. The molecule has 0 amide bonds. The molecule has 0 unspecified atom stereocenters. The summed E-state index contributed by atoms with van der Waals surface area (Å²) in [6.07, 6.45) is 6.94. The normalized spacial score (nSPS) is 9.25. The molecule has 7 heteroatoms. The minimum absolute atomic E-state index is 0. The van der Waals surface area contributed by atoms with Gasteiger partial charge in [-0.05, 0) is 43.7 Å². The second-order valence-corrected chi connectivity index (χ2v) is 4.90. The van der Waals surface area contributed by atoms with Crippen molar-refractivity contribution in [2.45, 2.75) is 13.8 Å². The quantitative estimate of drug-likeness (QED) is 0.715. The molecule has 128 valence electrons. The summed E-state index contributed by atoms with van der Waals surface area (Å²) >= 11 is 0. The summed E-state index contributed by atoms with van der Waals surface area (Å²) in [5.41, 5.74) is 5.46. The predicted octanol–water partition coefficient (Wildman–Crippen LogP) is 3.67. The van der Waals surface area contributed by atoms with Gasteiger partial charge in [0.2, 0.25) is 0 Å². The van der Waals surface area contributed by atoms with Crippen LogP contribution in [0, 0.1) is 6.92 Å². The Hall–Kier alpha value is -2.21. The topological polar surface area (TPSA) is 90.1 Å². The monoisotopic (exact) mass is 367 g/mol. The summed E-state index contributed by atoms with van der Waals surface area (Å²) in [5, 5.41) is 0. The molecule has 3 heterocycles.